The maximum atomic E-state index is 7.57. The van der Waals surface area contributed by atoms with Crippen LogP contribution < -0.4 is 0 Å². The number of hydrogen-bond acceptors (Lipinski definition) is 4. The fourth-order valence-electron chi connectivity index (χ4n) is 0. The van der Waals surface area contributed by atoms with Crippen molar-refractivity contribution < 1.29 is 61.3 Å². The van der Waals surface area contributed by atoms with Crippen molar-refractivity contribution in [3.63, 3.8) is 0 Å². The van der Waals surface area contributed by atoms with Crippen molar-refractivity contribution in [3.8, 4) is 0 Å². The van der Waals surface area contributed by atoms with Gasteiger partial charge in [-0.05, 0) is 27.7 Å². The Bertz CT molecular complexity index is 24.1. The fraction of sp³-hybridized carbons (Fsp3) is 1.00. The monoisotopic (exact) mass is 326 g/mol. The van der Waals surface area contributed by atoms with Gasteiger partial charge in [-0.25, -0.2) is 0 Å². The molecule has 0 aromatic carbocycles. The zero-order valence-corrected chi connectivity index (χ0v) is 12.3. The molecule has 4 nitrogen and oxygen atoms in total. The Morgan fingerprint density at radius 3 is 0.538 bits per heavy atom. The molecule has 0 saturated carbocycles. The minimum atomic E-state index is 0. The summed E-state index contributed by atoms with van der Waals surface area (Å²) in [6.07, 6.45) is 0. The van der Waals surface area contributed by atoms with Crippen molar-refractivity contribution in [2.75, 3.05) is 26.4 Å². The van der Waals surface area contributed by atoms with Gasteiger partial charge >= 0.3 is 0 Å². The maximum Gasteiger partial charge on any atom is 0.0402 e. The Balaban J connectivity index is -0.0000000213. The Kier molecular flexibility index (Phi) is 164. The SMILES string of the molecule is CCO.CCO.CCO.CCO.[Nd]. The first-order chi connectivity index (χ1) is 5.66. The van der Waals surface area contributed by atoms with E-state index in [0.717, 1.165) is 0 Å². The molecule has 0 aliphatic rings. The molecule has 0 fully saturated rings. The summed E-state index contributed by atoms with van der Waals surface area (Å²) in [5, 5.41) is 30.3. The number of aliphatic hydroxyl groups excluding tert-OH is 4. The minimum absolute atomic E-state index is 0. The molecule has 84 valence electrons. The van der Waals surface area contributed by atoms with E-state index in [4.69, 9.17) is 20.4 Å². The molecule has 0 aromatic rings. The van der Waals surface area contributed by atoms with Crippen LogP contribution in [-0.2, 0) is 0 Å². The molecule has 0 heterocycles. The first-order valence-electron chi connectivity index (χ1n) is 4.09. The second kappa shape index (κ2) is 72.8. The van der Waals surface area contributed by atoms with E-state index in [1.54, 1.807) is 27.7 Å². The van der Waals surface area contributed by atoms with Crippen LogP contribution in [0.25, 0.3) is 0 Å². The third-order valence-electron chi connectivity index (χ3n) is 0. The van der Waals surface area contributed by atoms with Crippen molar-refractivity contribution in [2.45, 2.75) is 27.7 Å². The van der Waals surface area contributed by atoms with Gasteiger partial charge in [-0.1, -0.05) is 0 Å². The largest absolute Gasteiger partial charge is 0.397 e. The molecule has 5 heteroatoms. The molecule has 0 aliphatic carbocycles. The van der Waals surface area contributed by atoms with Gasteiger partial charge in [0.15, 0.2) is 0 Å². The van der Waals surface area contributed by atoms with E-state index in [-0.39, 0.29) is 67.3 Å². The van der Waals surface area contributed by atoms with E-state index >= 15 is 0 Å². The van der Waals surface area contributed by atoms with E-state index < -0.39 is 0 Å². The van der Waals surface area contributed by atoms with E-state index in [9.17, 15) is 0 Å². The molecule has 0 unspecified atom stereocenters. The Morgan fingerprint density at radius 1 is 0.538 bits per heavy atom. The zero-order chi connectivity index (χ0) is 10.8. The molecule has 4 N–H and O–H groups in total. The minimum Gasteiger partial charge on any atom is -0.397 e. The van der Waals surface area contributed by atoms with Crippen molar-refractivity contribution in [2.24, 2.45) is 0 Å². The second-order valence-electron chi connectivity index (χ2n) is 1.26. The van der Waals surface area contributed by atoms with Gasteiger partial charge in [0.05, 0.1) is 0 Å². The fourth-order valence-corrected chi connectivity index (χ4v) is 0. The molecule has 0 amide bonds. The number of aliphatic hydroxyl groups is 4. The van der Waals surface area contributed by atoms with Crippen molar-refractivity contribution in [1.82, 2.24) is 0 Å². The molecule has 13 heavy (non-hydrogen) atoms. The van der Waals surface area contributed by atoms with E-state index in [1.807, 2.05) is 0 Å². The summed E-state index contributed by atoms with van der Waals surface area (Å²) in [6, 6.07) is 0. The summed E-state index contributed by atoms with van der Waals surface area (Å²) in [6.45, 7) is 7.72. The van der Waals surface area contributed by atoms with Gasteiger partial charge in [-0.2, -0.15) is 0 Å². The zero-order valence-electron chi connectivity index (χ0n) is 9.12. The molecule has 0 rings (SSSR count). The van der Waals surface area contributed by atoms with Gasteiger partial charge in [-0.3, -0.25) is 0 Å². The quantitative estimate of drug-likeness (QED) is 0.504. The summed E-state index contributed by atoms with van der Waals surface area (Å²) < 4.78 is 0. The van der Waals surface area contributed by atoms with E-state index in [2.05, 4.69) is 0 Å². The van der Waals surface area contributed by atoms with Crippen LogP contribution in [-0.4, -0.2) is 46.9 Å². The molecule has 0 aromatic heterocycles. The predicted molar refractivity (Wildman–Crippen MR) is 51.0 cm³/mol. The average molecular weight is 329 g/mol. The van der Waals surface area contributed by atoms with Gasteiger partial charge < -0.3 is 20.4 Å². The topological polar surface area (TPSA) is 80.9 Å². The van der Waals surface area contributed by atoms with Crippen LogP contribution in [0.5, 0.6) is 0 Å². The van der Waals surface area contributed by atoms with Gasteiger partial charge in [-0.15, -0.1) is 0 Å². The molecule has 0 aliphatic heterocycles. The second-order valence-corrected chi connectivity index (χ2v) is 1.26. The molecular formula is C8H24NdO4. The van der Waals surface area contributed by atoms with Crippen molar-refractivity contribution in [3.05, 3.63) is 0 Å². The first-order valence-corrected chi connectivity index (χ1v) is 4.09. The Morgan fingerprint density at radius 2 is 0.538 bits per heavy atom. The van der Waals surface area contributed by atoms with Gasteiger partial charge in [0.25, 0.3) is 0 Å². The first kappa shape index (κ1) is 29.2. The molecule has 0 radical (unpaired) electrons. The smallest absolute Gasteiger partial charge is 0.0402 e. The van der Waals surface area contributed by atoms with Gasteiger partial charge in [0.1, 0.15) is 0 Å². The van der Waals surface area contributed by atoms with Crippen LogP contribution in [0.1, 0.15) is 27.7 Å². The summed E-state index contributed by atoms with van der Waals surface area (Å²) >= 11 is 0. The average Bonchev–Trinajstić information content (AvgIpc) is 1.92. The van der Waals surface area contributed by atoms with Gasteiger partial charge in [0.2, 0.25) is 0 Å². The molecule has 0 spiro atoms. The van der Waals surface area contributed by atoms with Crippen molar-refractivity contribution >= 4 is 0 Å². The van der Waals surface area contributed by atoms with Crippen LogP contribution in [0.4, 0.5) is 0 Å². The summed E-state index contributed by atoms with van der Waals surface area (Å²) in [4.78, 5) is 0. The Labute approximate surface area is 115 Å². The standard InChI is InChI=1S/4C2H6O.Nd/c4*1-2-3;/h4*3H,2H2,1H3;. The van der Waals surface area contributed by atoms with Crippen molar-refractivity contribution in [1.29, 1.82) is 0 Å². The predicted octanol–water partition coefficient (Wildman–Crippen LogP) is -0.00560. The summed E-state index contributed by atoms with van der Waals surface area (Å²) in [5.74, 6) is 0. The summed E-state index contributed by atoms with van der Waals surface area (Å²) in [5.41, 5.74) is 0. The summed E-state index contributed by atoms with van der Waals surface area (Å²) in [7, 11) is 0. The van der Waals surface area contributed by atoms with Crippen LogP contribution in [0.15, 0.2) is 0 Å². The normalized spacial score (nSPS) is 5.54. The number of rotatable bonds is 0. The Hall–Kier alpha value is 1.19. The third-order valence-corrected chi connectivity index (χ3v) is 0. The number of hydrogen-bond donors (Lipinski definition) is 4. The maximum absolute atomic E-state index is 7.57. The van der Waals surface area contributed by atoms with Crippen LogP contribution >= 0.6 is 0 Å². The molecule has 0 saturated heterocycles. The van der Waals surface area contributed by atoms with Crippen LogP contribution in [0, 0.1) is 40.8 Å². The third kappa shape index (κ3) is 1170. The van der Waals surface area contributed by atoms with Crippen LogP contribution in [0.3, 0.4) is 0 Å². The van der Waals surface area contributed by atoms with E-state index in [0.29, 0.717) is 0 Å². The van der Waals surface area contributed by atoms with Gasteiger partial charge in [0, 0.05) is 67.3 Å². The molecular weight excluding hydrogens is 304 g/mol. The molecule has 0 atom stereocenters. The van der Waals surface area contributed by atoms with Crippen LogP contribution in [0.2, 0.25) is 0 Å². The molecule has 0 bridgehead atoms. The van der Waals surface area contributed by atoms with E-state index in [1.165, 1.54) is 0 Å².